The summed E-state index contributed by atoms with van der Waals surface area (Å²) in [7, 11) is 0. The molecule has 0 heterocycles. The van der Waals surface area contributed by atoms with Gasteiger partial charge < -0.3 is 5.73 Å². The predicted octanol–water partition coefficient (Wildman–Crippen LogP) is 2.55. The number of Topliss-reactive ketones (excluding diaryl/α,β-unsaturated/α-hetero) is 1. The van der Waals surface area contributed by atoms with Crippen LogP contribution in [0.15, 0.2) is 12.1 Å². The van der Waals surface area contributed by atoms with Gasteiger partial charge in [0.05, 0.1) is 0 Å². The summed E-state index contributed by atoms with van der Waals surface area (Å²) in [6.07, 6.45) is -2.91. The molecule has 1 rings (SSSR count). The van der Waals surface area contributed by atoms with Crippen molar-refractivity contribution in [3.8, 4) is 0 Å². The number of nitrogens with two attached hydrogens (primary N) is 1. The zero-order valence-electron chi connectivity index (χ0n) is 7.35. The van der Waals surface area contributed by atoms with E-state index >= 15 is 0 Å². The number of carbonyl (C=O) groups is 1. The lowest BCUT2D eigenvalue weighted by molar-refractivity contribution is 0.1000. The third kappa shape index (κ3) is 1.86. The van der Waals surface area contributed by atoms with Crippen molar-refractivity contribution in [1.82, 2.24) is 0 Å². The van der Waals surface area contributed by atoms with E-state index in [2.05, 4.69) is 0 Å². The molecule has 5 heteroatoms. The molecule has 0 aliphatic heterocycles. The van der Waals surface area contributed by atoms with Gasteiger partial charge in [0.25, 0.3) is 6.43 Å². The minimum Gasteiger partial charge on any atom is -0.398 e. The molecule has 0 saturated heterocycles. The van der Waals surface area contributed by atoms with E-state index in [1.54, 1.807) is 0 Å². The van der Waals surface area contributed by atoms with Crippen LogP contribution in [0.1, 0.15) is 29.3 Å². The molecular weight excluding hydrogens is 195 g/mol. The lowest BCUT2D eigenvalue weighted by Gasteiger charge is -2.08. The van der Waals surface area contributed by atoms with E-state index < -0.39 is 23.6 Å². The van der Waals surface area contributed by atoms with Crippen molar-refractivity contribution >= 4 is 11.5 Å². The number of nitrogen functional groups attached to an aromatic ring is 1. The SMILES string of the molecule is CC(=O)c1c(N)cc(F)cc1C(F)F. The highest BCUT2D eigenvalue weighted by molar-refractivity contribution is 6.00. The summed E-state index contributed by atoms with van der Waals surface area (Å²) in [6.45, 7) is 1.11. The number of ketones is 1. The third-order valence-corrected chi connectivity index (χ3v) is 1.75. The van der Waals surface area contributed by atoms with Gasteiger partial charge in [-0.2, -0.15) is 0 Å². The van der Waals surface area contributed by atoms with E-state index in [-0.39, 0.29) is 11.3 Å². The molecule has 14 heavy (non-hydrogen) atoms. The van der Waals surface area contributed by atoms with Gasteiger partial charge in [-0.1, -0.05) is 0 Å². The summed E-state index contributed by atoms with van der Waals surface area (Å²) in [6, 6.07) is 1.47. The summed E-state index contributed by atoms with van der Waals surface area (Å²) >= 11 is 0. The van der Waals surface area contributed by atoms with Gasteiger partial charge in [0.1, 0.15) is 5.82 Å². The van der Waals surface area contributed by atoms with Gasteiger partial charge in [0, 0.05) is 16.8 Å². The fourth-order valence-corrected chi connectivity index (χ4v) is 1.23. The van der Waals surface area contributed by atoms with E-state index in [4.69, 9.17) is 5.73 Å². The molecule has 0 aromatic heterocycles. The minimum atomic E-state index is -2.91. The van der Waals surface area contributed by atoms with Crippen molar-refractivity contribution in [1.29, 1.82) is 0 Å². The van der Waals surface area contributed by atoms with Crippen LogP contribution < -0.4 is 5.73 Å². The van der Waals surface area contributed by atoms with Crippen molar-refractivity contribution in [3.63, 3.8) is 0 Å². The van der Waals surface area contributed by atoms with Crippen LogP contribution >= 0.6 is 0 Å². The Bertz CT molecular complexity index is 377. The van der Waals surface area contributed by atoms with E-state index in [1.165, 1.54) is 0 Å². The molecule has 2 N–H and O–H groups in total. The van der Waals surface area contributed by atoms with E-state index in [0.717, 1.165) is 13.0 Å². The van der Waals surface area contributed by atoms with E-state index in [1.807, 2.05) is 0 Å². The molecule has 0 saturated carbocycles. The van der Waals surface area contributed by atoms with Gasteiger partial charge in [-0.3, -0.25) is 4.79 Å². The van der Waals surface area contributed by atoms with Gasteiger partial charge in [-0.15, -0.1) is 0 Å². The first-order valence-electron chi connectivity index (χ1n) is 3.81. The Kier molecular flexibility index (Phi) is 2.78. The molecule has 0 aliphatic carbocycles. The number of alkyl halides is 2. The maximum atomic E-state index is 12.7. The summed E-state index contributed by atoms with van der Waals surface area (Å²) in [5, 5.41) is 0. The molecule has 1 aromatic rings. The van der Waals surface area contributed by atoms with Crippen LogP contribution in [-0.4, -0.2) is 5.78 Å². The maximum absolute atomic E-state index is 12.7. The van der Waals surface area contributed by atoms with Crippen LogP contribution in [0, 0.1) is 5.82 Å². The second kappa shape index (κ2) is 3.69. The van der Waals surface area contributed by atoms with Crippen LogP contribution in [0.5, 0.6) is 0 Å². The van der Waals surface area contributed by atoms with Crippen molar-refractivity contribution in [2.24, 2.45) is 0 Å². The zero-order chi connectivity index (χ0) is 10.9. The highest BCUT2D eigenvalue weighted by Crippen LogP contribution is 2.28. The van der Waals surface area contributed by atoms with Crippen LogP contribution in [-0.2, 0) is 0 Å². The van der Waals surface area contributed by atoms with Gasteiger partial charge in [-0.05, 0) is 19.1 Å². The molecule has 0 fully saturated rings. The van der Waals surface area contributed by atoms with E-state index in [0.29, 0.717) is 6.07 Å². The zero-order valence-corrected chi connectivity index (χ0v) is 7.35. The largest absolute Gasteiger partial charge is 0.398 e. The molecule has 1 aromatic carbocycles. The Hall–Kier alpha value is -1.52. The Morgan fingerprint density at radius 3 is 2.43 bits per heavy atom. The van der Waals surface area contributed by atoms with Gasteiger partial charge in [0.2, 0.25) is 0 Å². The molecule has 0 aliphatic rings. The molecule has 0 radical (unpaired) electrons. The molecule has 0 bridgehead atoms. The number of carbonyl (C=O) groups excluding carboxylic acids is 1. The van der Waals surface area contributed by atoms with Crippen LogP contribution in [0.4, 0.5) is 18.9 Å². The second-order valence-corrected chi connectivity index (χ2v) is 2.82. The fourth-order valence-electron chi connectivity index (χ4n) is 1.23. The Balaban J connectivity index is 3.44. The highest BCUT2D eigenvalue weighted by Gasteiger charge is 2.19. The van der Waals surface area contributed by atoms with Crippen molar-refractivity contribution < 1.29 is 18.0 Å². The van der Waals surface area contributed by atoms with Crippen LogP contribution in [0.25, 0.3) is 0 Å². The second-order valence-electron chi connectivity index (χ2n) is 2.82. The van der Waals surface area contributed by atoms with Crippen LogP contribution in [0.3, 0.4) is 0 Å². The lowest BCUT2D eigenvalue weighted by Crippen LogP contribution is -2.06. The molecule has 0 atom stereocenters. The highest BCUT2D eigenvalue weighted by atomic mass is 19.3. The maximum Gasteiger partial charge on any atom is 0.264 e. The summed E-state index contributed by atoms with van der Waals surface area (Å²) in [4.78, 5) is 11.0. The first-order chi connectivity index (χ1) is 6.43. The van der Waals surface area contributed by atoms with Crippen molar-refractivity contribution in [2.45, 2.75) is 13.3 Å². The number of hydrogen-bond acceptors (Lipinski definition) is 2. The van der Waals surface area contributed by atoms with Gasteiger partial charge in [0.15, 0.2) is 5.78 Å². The average Bonchev–Trinajstić information content (AvgIpc) is 2.01. The first-order valence-corrected chi connectivity index (χ1v) is 3.81. The van der Waals surface area contributed by atoms with Crippen molar-refractivity contribution in [2.75, 3.05) is 5.73 Å². The minimum absolute atomic E-state index is 0.257. The number of hydrogen-bond donors (Lipinski definition) is 1. The smallest absolute Gasteiger partial charge is 0.264 e. The summed E-state index contributed by atoms with van der Waals surface area (Å²) in [5.74, 6) is -1.47. The summed E-state index contributed by atoms with van der Waals surface area (Å²) in [5.41, 5.74) is 4.05. The molecule has 0 spiro atoms. The first kappa shape index (κ1) is 10.6. The molecule has 76 valence electrons. The Morgan fingerprint density at radius 2 is 2.00 bits per heavy atom. The average molecular weight is 203 g/mol. The number of anilines is 1. The normalized spacial score (nSPS) is 10.6. The molecule has 0 unspecified atom stereocenters. The van der Waals surface area contributed by atoms with E-state index in [9.17, 15) is 18.0 Å². The molecule has 0 amide bonds. The Labute approximate surface area is 78.5 Å². The number of halogens is 3. The number of rotatable bonds is 2. The topological polar surface area (TPSA) is 43.1 Å². The van der Waals surface area contributed by atoms with Gasteiger partial charge >= 0.3 is 0 Å². The standard InChI is InChI=1S/C9H8F3NO/c1-4(14)8-6(9(11)12)2-5(10)3-7(8)13/h2-3,9H,13H2,1H3. The van der Waals surface area contributed by atoms with Crippen molar-refractivity contribution in [3.05, 3.63) is 29.1 Å². The monoisotopic (exact) mass is 203 g/mol. The fraction of sp³-hybridized carbons (Fsp3) is 0.222. The summed E-state index contributed by atoms with van der Waals surface area (Å²) < 4.78 is 37.5. The predicted molar refractivity (Wildman–Crippen MR) is 45.8 cm³/mol. The van der Waals surface area contributed by atoms with Gasteiger partial charge in [-0.25, -0.2) is 13.2 Å². The molecule has 2 nitrogen and oxygen atoms in total. The lowest BCUT2D eigenvalue weighted by atomic mass is 10.0. The Morgan fingerprint density at radius 1 is 1.43 bits per heavy atom. The third-order valence-electron chi connectivity index (χ3n) is 1.75. The molecular formula is C9H8F3NO. The quantitative estimate of drug-likeness (QED) is 0.592. The number of benzene rings is 1. The van der Waals surface area contributed by atoms with Crippen LogP contribution in [0.2, 0.25) is 0 Å².